The summed E-state index contributed by atoms with van der Waals surface area (Å²) in [6, 6.07) is 13.3. The molecule has 0 amide bonds. The van der Waals surface area contributed by atoms with E-state index in [9.17, 15) is 5.26 Å². The lowest BCUT2D eigenvalue weighted by Crippen LogP contribution is -2.36. The Morgan fingerprint density at radius 3 is 2.79 bits per heavy atom. The first-order chi connectivity index (χ1) is 14.2. The van der Waals surface area contributed by atoms with E-state index in [0.29, 0.717) is 22.8 Å². The van der Waals surface area contributed by atoms with E-state index in [4.69, 9.17) is 10.8 Å². The predicted molar refractivity (Wildman–Crippen MR) is 108 cm³/mol. The van der Waals surface area contributed by atoms with Gasteiger partial charge in [0.25, 0.3) is 0 Å². The molecule has 0 unspecified atom stereocenters. The highest BCUT2D eigenvalue weighted by atomic mass is 15.3. The first-order valence-corrected chi connectivity index (χ1v) is 9.40. The van der Waals surface area contributed by atoms with Crippen LogP contribution in [0.2, 0.25) is 0 Å². The monoisotopic (exact) mass is 382 g/mol. The van der Waals surface area contributed by atoms with Gasteiger partial charge >= 0.3 is 0 Å². The van der Waals surface area contributed by atoms with E-state index in [1.807, 2.05) is 28.8 Å². The molecule has 8 nitrogen and oxygen atoms in total. The van der Waals surface area contributed by atoms with Crippen molar-refractivity contribution in [1.29, 1.82) is 5.26 Å². The molecular formula is C21H18N8. The van der Waals surface area contributed by atoms with Crippen LogP contribution < -0.4 is 5.73 Å². The van der Waals surface area contributed by atoms with E-state index >= 15 is 0 Å². The van der Waals surface area contributed by atoms with E-state index in [-0.39, 0.29) is 0 Å². The van der Waals surface area contributed by atoms with Gasteiger partial charge in [0, 0.05) is 18.3 Å². The van der Waals surface area contributed by atoms with Crippen LogP contribution in [-0.4, -0.2) is 42.6 Å². The first-order valence-electron chi connectivity index (χ1n) is 9.40. The number of nitrogen functional groups attached to an aromatic ring is 1. The summed E-state index contributed by atoms with van der Waals surface area (Å²) < 4.78 is 1.81. The molecule has 2 N–H and O–H groups in total. The normalized spacial score (nSPS) is 13.9. The van der Waals surface area contributed by atoms with Gasteiger partial charge in [-0.3, -0.25) is 4.90 Å². The summed E-state index contributed by atoms with van der Waals surface area (Å²) in [5.74, 6) is 0.391. The molecule has 1 aliphatic heterocycles. The fourth-order valence-corrected chi connectivity index (χ4v) is 3.56. The van der Waals surface area contributed by atoms with Crippen LogP contribution in [0.1, 0.15) is 17.7 Å². The van der Waals surface area contributed by atoms with Gasteiger partial charge in [-0.1, -0.05) is 12.1 Å². The lowest BCUT2D eigenvalue weighted by molar-refractivity contribution is 0.170. The van der Waals surface area contributed by atoms with Crippen LogP contribution in [0.3, 0.4) is 0 Å². The number of anilines is 1. The number of nitrogens with two attached hydrogens (primary N) is 1. The Kier molecular flexibility index (Phi) is 4.15. The molecule has 29 heavy (non-hydrogen) atoms. The van der Waals surface area contributed by atoms with Crippen LogP contribution in [0, 0.1) is 11.3 Å². The fourth-order valence-electron chi connectivity index (χ4n) is 3.56. The molecule has 0 bridgehead atoms. The molecule has 0 saturated carbocycles. The molecule has 1 fully saturated rings. The van der Waals surface area contributed by atoms with E-state index in [0.717, 1.165) is 42.1 Å². The predicted octanol–water partition coefficient (Wildman–Crippen LogP) is 2.51. The summed E-state index contributed by atoms with van der Waals surface area (Å²) in [7, 11) is 0. The number of rotatable bonds is 4. The molecule has 4 heterocycles. The van der Waals surface area contributed by atoms with E-state index in [2.05, 4.69) is 25.9 Å². The molecule has 0 atom stereocenters. The van der Waals surface area contributed by atoms with E-state index < -0.39 is 0 Å². The average molecular weight is 382 g/mol. The quantitative estimate of drug-likeness (QED) is 0.577. The number of benzene rings is 1. The van der Waals surface area contributed by atoms with Crippen molar-refractivity contribution in [3.8, 4) is 28.7 Å². The maximum Gasteiger partial charge on any atom is 0.150 e. The van der Waals surface area contributed by atoms with Crippen LogP contribution in [0.25, 0.3) is 28.2 Å². The topological polar surface area (TPSA) is 109 Å². The molecule has 3 aromatic heterocycles. The number of aromatic nitrogens is 5. The number of fused-ring (bicyclic) bond motifs is 1. The second-order valence-electron chi connectivity index (χ2n) is 7.04. The van der Waals surface area contributed by atoms with Crippen molar-refractivity contribution in [3.63, 3.8) is 0 Å². The van der Waals surface area contributed by atoms with Crippen LogP contribution in [0.4, 0.5) is 5.82 Å². The second-order valence-corrected chi connectivity index (χ2v) is 7.04. The van der Waals surface area contributed by atoms with Crippen molar-refractivity contribution in [2.75, 3.05) is 18.8 Å². The molecule has 1 saturated heterocycles. The number of nitriles is 1. The molecule has 0 radical (unpaired) electrons. The van der Waals surface area contributed by atoms with Crippen LogP contribution in [0.5, 0.6) is 0 Å². The van der Waals surface area contributed by atoms with Crippen molar-refractivity contribution in [3.05, 3.63) is 60.2 Å². The summed E-state index contributed by atoms with van der Waals surface area (Å²) in [4.78, 5) is 15.5. The van der Waals surface area contributed by atoms with E-state index in [1.165, 1.54) is 12.7 Å². The largest absolute Gasteiger partial charge is 0.382 e. The van der Waals surface area contributed by atoms with Crippen LogP contribution in [-0.2, 0) is 6.54 Å². The van der Waals surface area contributed by atoms with Gasteiger partial charge in [0.05, 0.1) is 23.0 Å². The zero-order valence-corrected chi connectivity index (χ0v) is 15.7. The molecule has 1 aliphatic rings. The summed E-state index contributed by atoms with van der Waals surface area (Å²) in [5.41, 5.74) is 11.4. The van der Waals surface area contributed by atoms with Crippen molar-refractivity contribution in [2.45, 2.75) is 13.0 Å². The zero-order valence-electron chi connectivity index (χ0n) is 15.7. The van der Waals surface area contributed by atoms with E-state index in [1.54, 1.807) is 18.3 Å². The molecule has 0 spiro atoms. The maximum atomic E-state index is 9.30. The third-order valence-corrected chi connectivity index (χ3v) is 5.11. The van der Waals surface area contributed by atoms with Gasteiger partial charge in [-0.2, -0.15) is 10.4 Å². The third-order valence-electron chi connectivity index (χ3n) is 5.11. The minimum atomic E-state index is 0.391. The minimum Gasteiger partial charge on any atom is -0.382 e. The van der Waals surface area contributed by atoms with Gasteiger partial charge in [0.1, 0.15) is 29.0 Å². The number of nitrogens with zero attached hydrogens (tertiary/aromatic N) is 7. The van der Waals surface area contributed by atoms with Crippen molar-refractivity contribution >= 4 is 11.3 Å². The zero-order chi connectivity index (χ0) is 19.8. The Hall–Kier alpha value is -3.83. The van der Waals surface area contributed by atoms with Crippen molar-refractivity contribution in [1.82, 2.24) is 29.5 Å². The SMILES string of the molecule is N#Cc1cccc(-c2nc(N)c3cc(CN4CCC4)nn3c2-c2ccncn2)c1. The Morgan fingerprint density at radius 1 is 1.17 bits per heavy atom. The van der Waals surface area contributed by atoms with Gasteiger partial charge in [-0.25, -0.2) is 19.5 Å². The number of likely N-dealkylation sites (tertiary alicyclic amines) is 1. The lowest BCUT2D eigenvalue weighted by atomic mass is 10.0. The van der Waals surface area contributed by atoms with Crippen molar-refractivity contribution in [2.24, 2.45) is 0 Å². The number of hydrogen-bond acceptors (Lipinski definition) is 7. The molecular weight excluding hydrogens is 364 g/mol. The van der Waals surface area contributed by atoms with Gasteiger partial charge in [-0.15, -0.1) is 0 Å². The lowest BCUT2D eigenvalue weighted by Gasteiger charge is -2.29. The molecule has 8 heteroatoms. The summed E-state index contributed by atoms with van der Waals surface area (Å²) in [6.45, 7) is 2.96. The minimum absolute atomic E-state index is 0.391. The van der Waals surface area contributed by atoms with Crippen LogP contribution in [0.15, 0.2) is 48.9 Å². The second kappa shape index (κ2) is 6.96. The summed E-state index contributed by atoms with van der Waals surface area (Å²) in [5, 5.41) is 14.1. The molecule has 0 aliphatic carbocycles. The highest BCUT2D eigenvalue weighted by Gasteiger charge is 2.21. The molecule has 5 rings (SSSR count). The van der Waals surface area contributed by atoms with Crippen molar-refractivity contribution < 1.29 is 0 Å². The molecule has 142 valence electrons. The highest BCUT2D eigenvalue weighted by Crippen LogP contribution is 2.33. The average Bonchev–Trinajstić information content (AvgIpc) is 3.16. The number of hydrogen-bond donors (Lipinski definition) is 1. The summed E-state index contributed by atoms with van der Waals surface area (Å²) >= 11 is 0. The Labute approximate surface area is 167 Å². The Morgan fingerprint density at radius 2 is 2.07 bits per heavy atom. The first kappa shape index (κ1) is 17.3. The summed E-state index contributed by atoms with van der Waals surface area (Å²) in [6.07, 6.45) is 4.41. The van der Waals surface area contributed by atoms with Crippen LogP contribution >= 0.6 is 0 Å². The third kappa shape index (κ3) is 3.07. The molecule has 4 aromatic rings. The maximum absolute atomic E-state index is 9.30. The fraction of sp³-hybridized carbons (Fsp3) is 0.190. The van der Waals surface area contributed by atoms with Gasteiger partial charge < -0.3 is 5.73 Å². The highest BCUT2D eigenvalue weighted by molar-refractivity contribution is 5.83. The van der Waals surface area contributed by atoms with Gasteiger partial charge in [0.15, 0.2) is 0 Å². The Bertz CT molecular complexity index is 1240. The standard InChI is InChI=1S/C21H18N8/c22-11-14-3-1-4-15(9-14)19-20(17-5-6-24-13-25-17)29-18(21(23)26-19)10-16(27-29)12-28-7-2-8-28/h1,3-6,9-10,13H,2,7-8,12H2,(H2,23,26). The smallest absolute Gasteiger partial charge is 0.150 e. The molecule has 1 aromatic carbocycles. The Balaban J connectivity index is 1.76. The van der Waals surface area contributed by atoms with Gasteiger partial charge in [-0.05, 0) is 43.8 Å². The van der Waals surface area contributed by atoms with Gasteiger partial charge in [0.2, 0.25) is 0 Å².